The number of aromatic nitrogens is 4. The minimum atomic E-state index is -0.210. The molecule has 3 aromatic rings. The fraction of sp³-hybridized carbons (Fsp3) is 0.200. The van der Waals surface area contributed by atoms with Crippen molar-refractivity contribution in [3.63, 3.8) is 0 Å². The van der Waals surface area contributed by atoms with Crippen LogP contribution in [0.4, 0.5) is 16.9 Å². The van der Waals surface area contributed by atoms with Crippen molar-refractivity contribution in [3.8, 4) is 0 Å². The Balaban J connectivity index is 2.03. The van der Waals surface area contributed by atoms with Crippen LogP contribution in [0.1, 0.15) is 27.9 Å². The zero-order valence-electron chi connectivity index (χ0n) is 12.8. The van der Waals surface area contributed by atoms with Crippen molar-refractivity contribution in [3.05, 3.63) is 52.2 Å². The van der Waals surface area contributed by atoms with Crippen LogP contribution in [0.3, 0.4) is 0 Å². The number of nitrogens with one attached hydrogen (secondary N) is 1. The monoisotopic (exact) mass is 327 g/mol. The molecule has 2 aromatic heterocycles. The van der Waals surface area contributed by atoms with E-state index in [-0.39, 0.29) is 12.0 Å². The standard InChI is InChI=1S/C15H17N7S/c1-8-9(2)18-14(16)20-12(8)19-11(10-6-4-3-5-7-10)13-21-22-15(17)23-13/h3-7,11H,1-2H3,(H2,17,22)(H3,16,18,19,20)/t11-/m1/s1. The number of hydrogen-bond donors (Lipinski definition) is 3. The predicted octanol–water partition coefficient (Wildman–Crippen LogP) is 2.31. The van der Waals surface area contributed by atoms with E-state index in [0.29, 0.717) is 10.9 Å². The molecular formula is C15H17N7S. The van der Waals surface area contributed by atoms with E-state index in [0.717, 1.165) is 21.8 Å². The second-order valence-corrected chi connectivity index (χ2v) is 6.15. The number of hydrogen-bond acceptors (Lipinski definition) is 8. The Morgan fingerprint density at radius 3 is 2.43 bits per heavy atom. The summed E-state index contributed by atoms with van der Waals surface area (Å²) >= 11 is 1.34. The van der Waals surface area contributed by atoms with Crippen LogP contribution in [0, 0.1) is 13.8 Å². The summed E-state index contributed by atoms with van der Waals surface area (Å²) in [6, 6.07) is 9.73. The summed E-state index contributed by atoms with van der Waals surface area (Å²) in [6.07, 6.45) is 0. The number of nitrogens with zero attached hydrogens (tertiary/aromatic N) is 4. The second kappa shape index (κ2) is 6.17. The number of anilines is 3. The number of aryl methyl sites for hydroxylation is 1. The first-order valence-corrected chi connectivity index (χ1v) is 7.87. The third-order valence-corrected chi connectivity index (χ3v) is 4.34. The van der Waals surface area contributed by atoms with Crippen molar-refractivity contribution in [2.45, 2.75) is 19.9 Å². The molecule has 0 saturated carbocycles. The van der Waals surface area contributed by atoms with Gasteiger partial charge in [0.1, 0.15) is 16.9 Å². The molecule has 0 unspecified atom stereocenters. The zero-order chi connectivity index (χ0) is 16.4. The van der Waals surface area contributed by atoms with Gasteiger partial charge in [0.15, 0.2) is 0 Å². The molecule has 0 amide bonds. The van der Waals surface area contributed by atoms with Gasteiger partial charge in [0.2, 0.25) is 11.1 Å². The van der Waals surface area contributed by atoms with E-state index >= 15 is 0 Å². The predicted molar refractivity (Wildman–Crippen MR) is 92.1 cm³/mol. The lowest BCUT2D eigenvalue weighted by Gasteiger charge is -2.19. The summed E-state index contributed by atoms with van der Waals surface area (Å²) in [5, 5.41) is 12.7. The largest absolute Gasteiger partial charge is 0.374 e. The Bertz CT molecular complexity index is 816. The molecule has 2 heterocycles. The highest BCUT2D eigenvalue weighted by atomic mass is 32.1. The highest BCUT2D eigenvalue weighted by molar-refractivity contribution is 7.15. The van der Waals surface area contributed by atoms with Crippen LogP contribution in [0.25, 0.3) is 0 Å². The Morgan fingerprint density at radius 1 is 1.04 bits per heavy atom. The van der Waals surface area contributed by atoms with E-state index in [9.17, 15) is 0 Å². The van der Waals surface area contributed by atoms with Gasteiger partial charge in [0.25, 0.3) is 0 Å². The molecule has 0 radical (unpaired) electrons. The van der Waals surface area contributed by atoms with E-state index in [1.807, 2.05) is 44.2 Å². The second-order valence-electron chi connectivity index (χ2n) is 5.11. The zero-order valence-corrected chi connectivity index (χ0v) is 13.6. The maximum atomic E-state index is 5.78. The summed E-state index contributed by atoms with van der Waals surface area (Å²) in [5.74, 6) is 0.914. The molecule has 0 bridgehead atoms. The number of nitrogens with two attached hydrogens (primary N) is 2. The molecular weight excluding hydrogens is 310 g/mol. The van der Waals surface area contributed by atoms with Gasteiger partial charge in [-0.3, -0.25) is 0 Å². The highest BCUT2D eigenvalue weighted by Gasteiger charge is 2.20. The van der Waals surface area contributed by atoms with Gasteiger partial charge in [0, 0.05) is 11.3 Å². The first kappa shape index (κ1) is 15.2. The maximum absolute atomic E-state index is 5.78. The van der Waals surface area contributed by atoms with Gasteiger partial charge in [0.05, 0.1) is 0 Å². The van der Waals surface area contributed by atoms with E-state index in [2.05, 4.69) is 25.5 Å². The van der Waals surface area contributed by atoms with E-state index in [1.165, 1.54) is 11.3 Å². The molecule has 0 aliphatic heterocycles. The third-order valence-electron chi connectivity index (χ3n) is 3.52. The average molecular weight is 327 g/mol. The van der Waals surface area contributed by atoms with Gasteiger partial charge in [-0.15, -0.1) is 10.2 Å². The van der Waals surface area contributed by atoms with Crippen LogP contribution in [0.2, 0.25) is 0 Å². The molecule has 23 heavy (non-hydrogen) atoms. The van der Waals surface area contributed by atoms with Gasteiger partial charge in [-0.25, -0.2) is 4.98 Å². The molecule has 1 atom stereocenters. The van der Waals surface area contributed by atoms with Crippen LogP contribution in [0.5, 0.6) is 0 Å². The quantitative estimate of drug-likeness (QED) is 0.673. The molecule has 7 nitrogen and oxygen atoms in total. The molecule has 5 N–H and O–H groups in total. The van der Waals surface area contributed by atoms with Crippen LogP contribution in [-0.4, -0.2) is 20.2 Å². The van der Waals surface area contributed by atoms with Crippen molar-refractivity contribution < 1.29 is 0 Å². The SMILES string of the molecule is Cc1nc(N)nc(N[C@H](c2ccccc2)c2nnc(N)s2)c1C. The van der Waals surface area contributed by atoms with Crippen molar-refractivity contribution >= 4 is 28.2 Å². The molecule has 0 aliphatic carbocycles. The lowest BCUT2D eigenvalue weighted by molar-refractivity contribution is 0.869. The highest BCUT2D eigenvalue weighted by Crippen LogP contribution is 2.30. The Labute approximate surface area is 137 Å². The molecule has 1 aromatic carbocycles. The average Bonchev–Trinajstić information content (AvgIpc) is 2.96. The minimum absolute atomic E-state index is 0.210. The smallest absolute Gasteiger partial charge is 0.222 e. The Morgan fingerprint density at radius 2 is 1.78 bits per heavy atom. The fourth-order valence-electron chi connectivity index (χ4n) is 2.22. The topological polar surface area (TPSA) is 116 Å². The van der Waals surface area contributed by atoms with Crippen LogP contribution < -0.4 is 16.8 Å². The van der Waals surface area contributed by atoms with E-state index < -0.39 is 0 Å². The van der Waals surface area contributed by atoms with Gasteiger partial charge in [-0.1, -0.05) is 41.7 Å². The van der Waals surface area contributed by atoms with Gasteiger partial charge in [-0.2, -0.15) is 4.98 Å². The van der Waals surface area contributed by atoms with Crippen LogP contribution in [0.15, 0.2) is 30.3 Å². The first-order valence-electron chi connectivity index (χ1n) is 7.05. The number of rotatable bonds is 4. The molecule has 0 saturated heterocycles. The van der Waals surface area contributed by atoms with Crippen LogP contribution >= 0.6 is 11.3 Å². The van der Waals surface area contributed by atoms with Crippen molar-refractivity contribution in [1.82, 2.24) is 20.2 Å². The number of benzene rings is 1. The normalized spacial score (nSPS) is 12.1. The minimum Gasteiger partial charge on any atom is -0.374 e. The molecule has 8 heteroatoms. The van der Waals surface area contributed by atoms with Gasteiger partial charge < -0.3 is 16.8 Å². The lowest BCUT2D eigenvalue weighted by atomic mass is 10.1. The summed E-state index contributed by atoms with van der Waals surface area (Å²) in [5.41, 5.74) is 14.3. The van der Waals surface area contributed by atoms with E-state index in [1.54, 1.807) is 0 Å². The fourth-order valence-corrected chi connectivity index (χ4v) is 2.91. The van der Waals surface area contributed by atoms with Gasteiger partial charge >= 0.3 is 0 Å². The summed E-state index contributed by atoms with van der Waals surface area (Å²) in [6.45, 7) is 3.85. The first-order chi connectivity index (χ1) is 11.0. The van der Waals surface area contributed by atoms with Gasteiger partial charge in [-0.05, 0) is 19.4 Å². The molecule has 0 fully saturated rings. The third kappa shape index (κ3) is 3.21. The molecule has 0 aliphatic rings. The summed E-state index contributed by atoms with van der Waals surface area (Å²) in [7, 11) is 0. The van der Waals surface area contributed by atoms with Crippen molar-refractivity contribution in [2.75, 3.05) is 16.8 Å². The van der Waals surface area contributed by atoms with E-state index in [4.69, 9.17) is 11.5 Å². The van der Waals surface area contributed by atoms with Crippen molar-refractivity contribution in [2.24, 2.45) is 0 Å². The summed E-state index contributed by atoms with van der Waals surface area (Å²) < 4.78 is 0. The molecule has 0 spiro atoms. The Kier molecular flexibility index (Phi) is 4.07. The van der Waals surface area contributed by atoms with Crippen LogP contribution in [-0.2, 0) is 0 Å². The summed E-state index contributed by atoms with van der Waals surface area (Å²) in [4.78, 5) is 8.48. The number of nitrogen functional groups attached to an aromatic ring is 2. The van der Waals surface area contributed by atoms with Crippen molar-refractivity contribution in [1.29, 1.82) is 0 Å². The molecule has 3 rings (SSSR count). The Hall–Kier alpha value is -2.74. The molecule has 118 valence electrons. The maximum Gasteiger partial charge on any atom is 0.222 e. The lowest BCUT2D eigenvalue weighted by Crippen LogP contribution is -2.15.